The molecule has 0 amide bonds. The lowest BCUT2D eigenvalue weighted by Gasteiger charge is -2.17. The molecule has 0 bridgehead atoms. The summed E-state index contributed by atoms with van der Waals surface area (Å²) in [5.41, 5.74) is 7.62. The van der Waals surface area contributed by atoms with Crippen molar-refractivity contribution >= 4 is 89.8 Å². The minimum atomic E-state index is 0.679. The maximum absolute atomic E-state index is 6.42. The number of aromatic nitrogens is 6. The molecule has 4 aromatic heterocycles. The van der Waals surface area contributed by atoms with Crippen LogP contribution in [0.15, 0.2) is 141 Å². The Morgan fingerprint density at radius 3 is 1.48 bits per heavy atom. The first-order valence-corrected chi connectivity index (χ1v) is 23.8. The number of benzene rings is 4. The highest BCUT2D eigenvalue weighted by Gasteiger charge is 2.15. The smallest absolute Gasteiger partial charge is 0.172 e. The molecule has 320 valence electrons. The van der Waals surface area contributed by atoms with Gasteiger partial charge in [0.1, 0.15) is 11.6 Å². The summed E-state index contributed by atoms with van der Waals surface area (Å²) in [5.74, 6) is 1.79. The molecule has 0 saturated carbocycles. The van der Waals surface area contributed by atoms with Crippen molar-refractivity contribution in [3.63, 3.8) is 0 Å². The highest BCUT2D eigenvalue weighted by atomic mass is 79.9. The number of nitrogens with zero attached hydrogens (tertiary/aromatic N) is 8. The van der Waals surface area contributed by atoms with Gasteiger partial charge in [0.05, 0.1) is 32.7 Å². The van der Waals surface area contributed by atoms with Crippen LogP contribution < -0.4 is 10.6 Å². The van der Waals surface area contributed by atoms with Crippen LogP contribution in [0.1, 0.15) is 24.0 Å². The Balaban J connectivity index is 0.000000187. The molecule has 4 heterocycles. The number of hydrogen-bond acceptors (Lipinski definition) is 9. The van der Waals surface area contributed by atoms with Gasteiger partial charge in [-0.15, -0.1) is 11.8 Å². The van der Waals surface area contributed by atoms with Crippen molar-refractivity contribution in [1.82, 2.24) is 39.0 Å². The SMILES string of the molecule is CN(CCCNc1cc(-c2ccccc2Cl)nc2c(Br)cnn12)Cc1ccccc1.CSc1ccc(CN(C)CCCNc2cc(-c3ccccc3Cl)nc3c(Br)cnn23)cc1. The van der Waals surface area contributed by atoms with E-state index in [0.717, 1.165) is 107 Å². The van der Waals surface area contributed by atoms with Gasteiger partial charge < -0.3 is 20.4 Å². The fourth-order valence-electron chi connectivity index (χ4n) is 6.96. The zero-order valence-electron chi connectivity index (χ0n) is 34.8. The molecule has 4 aromatic carbocycles. The van der Waals surface area contributed by atoms with E-state index in [9.17, 15) is 0 Å². The van der Waals surface area contributed by atoms with Crippen LogP contribution in [0.25, 0.3) is 33.8 Å². The normalized spacial score (nSPS) is 11.4. The summed E-state index contributed by atoms with van der Waals surface area (Å²) >= 11 is 21.7. The average molecular weight is 1020 g/mol. The van der Waals surface area contributed by atoms with Gasteiger partial charge in [-0.1, -0.05) is 102 Å². The van der Waals surface area contributed by atoms with Crippen molar-refractivity contribution in [3.05, 3.63) is 158 Å². The Hall–Kier alpha value is -4.47. The van der Waals surface area contributed by atoms with Gasteiger partial charge in [0.25, 0.3) is 0 Å². The molecule has 0 unspecified atom stereocenters. The number of thioether (sulfide) groups is 1. The van der Waals surface area contributed by atoms with Crippen LogP contribution in [0, 0.1) is 0 Å². The van der Waals surface area contributed by atoms with Gasteiger partial charge in [0, 0.05) is 64.4 Å². The summed E-state index contributed by atoms with van der Waals surface area (Å²) in [6.45, 7) is 5.54. The summed E-state index contributed by atoms with van der Waals surface area (Å²) < 4.78 is 5.34. The molecule has 0 saturated heterocycles. The van der Waals surface area contributed by atoms with Crippen LogP contribution in [0.2, 0.25) is 10.0 Å². The molecule has 8 rings (SSSR count). The molecule has 8 aromatic rings. The highest BCUT2D eigenvalue weighted by Crippen LogP contribution is 2.32. The van der Waals surface area contributed by atoms with Gasteiger partial charge in [0.15, 0.2) is 11.3 Å². The lowest BCUT2D eigenvalue weighted by atomic mass is 10.1. The van der Waals surface area contributed by atoms with Crippen molar-refractivity contribution in [2.24, 2.45) is 0 Å². The Morgan fingerprint density at radius 1 is 0.597 bits per heavy atom. The first kappa shape index (κ1) is 45.6. The van der Waals surface area contributed by atoms with E-state index in [1.54, 1.807) is 24.2 Å². The number of anilines is 2. The second-order valence-electron chi connectivity index (χ2n) is 14.8. The third kappa shape index (κ3) is 12.0. The van der Waals surface area contributed by atoms with Crippen molar-refractivity contribution in [2.75, 3.05) is 57.2 Å². The van der Waals surface area contributed by atoms with E-state index in [4.69, 9.17) is 33.2 Å². The quantitative estimate of drug-likeness (QED) is 0.0684. The van der Waals surface area contributed by atoms with Gasteiger partial charge in [-0.2, -0.15) is 19.2 Å². The van der Waals surface area contributed by atoms with Crippen molar-refractivity contribution in [1.29, 1.82) is 0 Å². The molecule has 0 aliphatic heterocycles. The van der Waals surface area contributed by atoms with Crippen LogP contribution >= 0.6 is 66.8 Å². The molecule has 0 aliphatic rings. The summed E-state index contributed by atoms with van der Waals surface area (Å²) in [7, 11) is 4.31. The maximum atomic E-state index is 6.42. The molecular weight excluding hydrogens is 967 g/mol. The van der Waals surface area contributed by atoms with E-state index >= 15 is 0 Å². The molecule has 0 atom stereocenters. The summed E-state index contributed by atoms with van der Waals surface area (Å²) in [6.07, 6.45) is 7.64. The second kappa shape index (κ2) is 22.2. The predicted octanol–water partition coefficient (Wildman–Crippen LogP) is 12.2. The molecule has 10 nitrogen and oxygen atoms in total. The van der Waals surface area contributed by atoms with E-state index < -0.39 is 0 Å². The van der Waals surface area contributed by atoms with E-state index in [-0.39, 0.29) is 0 Å². The Morgan fingerprint density at radius 2 is 1.03 bits per heavy atom. The van der Waals surface area contributed by atoms with Gasteiger partial charge in [-0.05, 0) is 114 Å². The average Bonchev–Trinajstić information content (AvgIpc) is 3.86. The summed E-state index contributed by atoms with van der Waals surface area (Å²) in [4.78, 5) is 15.5. The topological polar surface area (TPSA) is 90.9 Å². The standard InChI is InChI=1S/C24H25BrClN5S.C23H23BrClN5/c1-30(16-17-8-10-18(32-2)11-9-17)13-5-12-27-23-14-22(19-6-3-4-7-21(19)26)29-24-20(25)15-28-31(23)24;1-29(16-17-8-3-2-4-9-17)13-7-12-26-22-14-21(18-10-5-6-11-20(18)25)28-23-19(24)15-27-30(22)23/h3-4,6-11,14-15,27H,5,12-13,16H2,1-2H3;2-6,8-11,14-15,26H,7,12-13,16H2,1H3. The third-order valence-electron chi connectivity index (χ3n) is 10.1. The minimum Gasteiger partial charge on any atom is -0.370 e. The summed E-state index contributed by atoms with van der Waals surface area (Å²) in [5, 5.41) is 17.3. The number of rotatable bonds is 17. The lowest BCUT2D eigenvalue weighted by molar-refractivity contribution is 0.325. The molecular formula is C47H48Br2Cl2N10S. The van der Waals surface area contributed by atoms with Crippen molar-refractivity contribution < 1.29 is 0 Å². The second-order valence-corrected chi connectivity index (χ2v) is 18.2. The van der Waals surface area contributed by atoms with Gasteiger partial charge in [-0.3, -0.25) is 0 Å². The molecule has 0 aliphatic carbocycles. The van der Waals surface area contributed by atoms with E-state index in [0.29, 0.717) is 10.0 Å². The lowest BCUT2D eigenvalue weighted by Crippen LogP contribution is -2.21. The summed E-state index contributed by atoms with van der Waals surface area (Å²) in [6, 6.07) is 38.8. The molecule has 62 heavy (non-hydrogen) atoms. The van der Waals surface area contributed by atoms with Crippen LogP contribution in [0.3, 0.4) is 0 Å². The van der Waals surface area contributed by atoms with E-state index in [1.165, 1.54) is 16.0 Å². The van der Waals surface area contributed by atoms with Crippen molar-refractivity contribution in [2.45, 2.75) is 30.8 Å². The number of hydrogen-bond donors (Lipinski definition) is 2. The highest BCUT2D eigenvalue weighted by molar-refractivity contribution is 9.11. The third-order valence-corrected chi connectivity index (χ3v) is 12.6. The van der Waals surface area contributed by atoms with Crippen LogP contribution in [-0.2, 0) is 13.1 Å². The predicted molar refractivity (Wildman–Crippen MR) is 266 cm³/mol. The Kier molecular flexibility index (Phi) is 16.3. The monoisotopic (exact) mass is 1010 g/mol. The van der Waals surface area contributed by atoms with Crippen LogP contribution in [-0.4, -0.2) is 85.5 Å². The minimum absolute atomic E-state index is 0.679. The van der Waals surface area contributed by atoms with Gasteiger partial charge in [0.2, 0.25) is 0 Å². The first-order chi connectivity index (χ1) is 30.2. The fraction of sp³-hybridized carbons (Fsp3) is 0.234. The van der Waals surface area contributed by atoms with Gasteiger partial charge in [-0.25, -0.2) is 9.97 Å². The number of nitrogens with one attached hydrogen (secondary N) is 2. The Labute approximate surface area is 394 Å². The number of fused-ring (bicyclic) bond motifs is 2. The zero-order valence-corrected chi connectivity index (χ0v) is 40.3. The van der Waals surface area contributed by atoms with Crippen LogP contribution in [0.5, 0.6) is 0 Å². The fourth-order valence-corrected chi connectivity index (χ4v) is 8.53. The molecule has 0 radical (unpaired) electrons. The molecule has 2 N–H and O–H groups in total. The van der Waals surface area contributed by atoms with E-state index in [2.05, 4.69) is 131 Å². The van der Waals surface area contributed by atoms with E-state index in [1.807, 2.05) is 75.8 Å². The molecule has 0 fully saturated rings. The zero-order chi connectivity index (χ0) is 43.4. The number of halogens is 4. The molecule has 0 spiro atoms. The van der Waals surface area contributed by atoms with Crippen molar-refractivity contribution in [3.8, 4) is 22.5 Å². The maximum Gasteiger partial charge on any atom is 0.172 e. The molecule has 15 heteroatoms. The van der Waals surface area contributed by atoms with Crippen LogP contribution in [0.4, 0.5) is 11.6 Å². The van der Waals surface area contributed by atoms with Gasteiger partial charge >= 0.3 is 0 Å². The largest absolute Gasteiger partial charge is 0.370 e. The Bertz CT molecular complexity index is 2690. The first-order valence-electron chi connectivity index (χ1n) is 20.3.